The number of rotatable bonds is 5. The van der Waals surface area contributed by atoms with E-state index >= 15 is 0 Å². The molecule has 6 rings (SSSR count). The van der Waals surface area contributed by atoms with Gasteiger partial charge < -0.3 is 38.8 Å². The highest BCUT2D eigenvalue weighted by Gasteiger charge is 2.33. The molecule has 10 heteroatoms. The van der Waals surface area contributed by atoms with Gasteiger partial charge in [-0.1, -0.05) is 36.4 Å². The zero-order chi connectivity index (χ0) is 27.1. The van der Waals surface area contributed by atoms with Crippen LogP contribution in [0, 0.1) is 0 Å². The number of morpholine rings is 1. The average Bonchev–Trinajstić information content (AvgIpc) is 3.44. The van der Waals surface area contributed by atoms with E-state index < -0.39 is 28.6 Å². The number of ether oxygens (including phenoxy) is 3. The fourth-order valence-electron chi connectivity index (χ4n) is 5.07. The molecule has 1 aromatic heterocycles. The Morgan fingerprint density at radius 1 is 0.897 bits per heavy atom. The van der Waals surface area contributed by atoms with Gasteiger partial charge in [0.05, 0.1) is 13.2 Å². The third-order valence-electron chi connectivity index (χ3n) is 7.08. The van der Waals surface area contributed by atoms with Crippen molar-refractivity contribution >= 4 is 16.9 Å². The van der Waals surface area contributed by atoms with E-state index in [0.29, 0.717) is 48.9 Å². The van der Waals surface area contributed by atoms with Crippen molar-refractivity contribution in [3.8, 4) is 40.1 Å². The molecule has 4 aromatic rings. The molecule has 3 heterocycles. The van der Waals surface area contributed by atoms with Crippen LogP contribution in [0.3, 0.4) is 0 Å². The van der Waals surface area contributed by atoms with Crippen LogP contribution in [0.15, 0.2) is 63.8 Å². The van der Waals surface area contributed by atoms with Crippen LogP contribution in [-0.4, -0.2) is 59.2 Å². The van der Waals surface area contributed by atoms with Crippen molar-refractivity contribution in [2.75, 3.05) is 33.1 Å². The van der Waals surface area contributed by atoms with Gasteiger partial charge in [0.1, 0.15) is 16.7 Å². The van der Waals surface area contributed by atoms with Gasteiger partial charge >= 0.3 is 0 Å². The number of carbonyl (C=O) groups is 1. The van der Waals surface area contributed by atoms with Crippen LogP contribution in [0.4, 0.5) is 0 Å². The molecule has 3 aromatic carbocycles. The normalized spacial score (nSPS) is 15.4. The first-order valence-electron chi connectivity index (χ1n) is 12.5. The summed E-state index contributed by atoms with van der Waals surface area (Å²) in [5.41, 5.74) is 0.393. The van der Waals surface area contributed by atoms with Crippen molar-refractivity contribution in [2.45, 2.75) is 12.3 Å². The Kier molecular flexibility index (Phi) is 6.24. The van der Waals surface area contributed by atoms with Crippen LogP contribution >= 0.6 is 0 Å². The highest BCUT2D eigenvalue weighted by Crippen LogP contribution is 2.50. The van der Waals surface area contributed by atoms with Crippen LogP contribution in [0.1, 0.15) is 23.5 Å². The molecule has 1 saturated heterocycles. The highest BCUT2D eigenvalue weighted by atomic mass is 16.7. The topological polar surface area (TPSA) is 139 Å². The number of hydrogen-bond donors (Lipinski definition) is 3. The first kappa shape index (κ1) is 24.6. The van der Waals surface area contributed by atoms with E-state index in [0.717, 1.165) is 0 Å². The number of aromatic hydroxyl groups is 3. The van der Waals surface area contributed by atoms with E-state index in [2.05, 4.69) is 0 Å². The number of hydrogen-bond acceptors (Lipinski definition) is 9. The molecular formula is C29H25NO9. The summed E-state index contributed by atoms with van der Waals surface area (Å²) in [6.07, 6.45) is -0.133. The van der Waals surface area contributed by atoms with Gasteiger partial charge in [-0.15, -0.1) is 0 Å². The fourth-order valence-corrected chi connectivity index (χ4v) is 5.07. The number of phenols is 3. The Balaban J connectivity index is 1.58. The van der Waals surface area contributed by atoms with Crippen LogP contribution in [0.25, 0.3) is 22.3 Å². The molecule has 0 aliphatic carbocycles. The SMILES string of the molecule is O=C(C[C@@H](c1ccc2c(c1)OCO2)c1c(O)c(O)c(O)c2c(=O)cc(-c3ccccc3)oc12)N1CCOCC1. The summed E-state index contributed by atoms with van der Waals surface area (Å²) in [4.78, 5) is 28.4. The van der Waals surface area contributed by atoms with E-state index in [9.17, 15) is 24.9 Å². The number of amides is 1. The first-order chi connectivity index (χ1) is 18.9. The maximum Gasteiger partial charge on any atom is 0.231 e. The molecule has 0 unspecified atom stereocenters. The van der Waals surface area contributed by atoms with E-state index in [4.69, 9.17) is 18.6 Å². The summed E-state index contributed by atoms with van der Waals surface area (Å²) in [7, 11) is 0. The molecule has 1 atom stereocenters. The number of fused-ring (bicyclic) bond motifs is 2. The van der Waals surface area contributed by atoms with Crippen molar-refractivity contribution in [1.29, 1.82) is 0 Å². The zero-order valence-electron chi connectivity index (χ0n) is 20.8. The predicted molar refractivity (Wildman–Crippen MR) is 139 cm³/mol. The predicted octanol–water partition coefficient (Wildman–Crippen LogP) is 3.69. The van der Waals surface area contributed by atoms with Crippen LogP contribution in [-0.2, 0) is 9.53 Å². The molecule has 10 nitrogen and oxygen atoms in total. The number of carbonyl (C=O) groups excluding carboxylic acids is 1. The van der Waals surface area contributed by atoms with E-state index in [1.165, 1.54) is 6.07 Å². The van der Waals surface area contributed by atoms with Crippen LogP contribution in [0.2, 0.25) is 0 Å². The summed E-state index contributed by atoms with van der Waals surface area (Å²) < 4.78 is 22.5. The Morgan fingerprint density at radius 3 is 2.41 bits per heavy atom. The fraction of sp³-hybridized carbons (Fsp3) is 0.241. The lowest BCUT2D eigenvalue weighted by Crippen LogP contribution is -2.41. The second kappa shape index (κ2) is 9.88. The molecule has 0 saturated carbocycles. The second-order valence-electron chi connectivity index (χ2n) is 9.37. The molecule has 0 radical (unpaired) electrons. The second-order valence-corrected chi connectivity index (χ2v) is 9.37. The smallest absolute Gasteiger partial charge is 0.231 e. The van der Waals surface area contributed by atoms with E-state index in [1.807, 2.05) is 6.07 Å². The van der Waals surface area contributed by atoms with Crippen LogP contribution < -0.4 is 14.9 Å². The average molecular weight is 532 g/mol. The Hall–Kier alpha value is -4.70. The van der Waals surface area contributed by atoms with Crippen molar-refractivity contribution in [1.82, 2.24) is 4.90 Å². The lowest BCUT2D eigenvalue weighted by molar-refractivity contribution is -0.135. The van der Waals surface area contributed by atoms with Gasteiger partial charge in [0.2, 0.25) is 18.4 Å². The molecule has 1 fully saturated rings. The number of phenolic OH excluding ortho intramolecular Hbond substituents is 3. The maximum atomic E-state index is 13.5. The van der Waals surface area contributed by atoms with Gasteiger partial charge in [0.15, 0.2) is 28.4 Å². The summed E-state index contributed by atoms with van der Waals surface area (Å²) in [5, 5.41) is 32.3. The molecular weight excluding hydrogens is 506 g/mol. The van der Waals surface area contributed by atoms with Crippen molar-refractivity contribution in [3.05, 3.63) is 75.9 Å². The maximum absolute atomic E-state index is 13.5. The summed E-state index contributed by atoms with van der Waals surface area (Å²) in [5.74, 6) is -2.30. The van der Waals surface area contributed by atoms with Gasteiger partial charge in [-0.3, -0.25) is 9.59 Å². The van der Waals surface area contributed by atoms with Crippen molar-refractivity contribution < 1.29 is 38.7 Å². The molecule has 2 aliphatic rings. The van der Waals surface area contributed by atoms with Gasteiger partial charge in [0, 0.05) is 42.6 Å². The molecule has 1 amide bonds. The third kappa shape index (κ3) is 4.38. The van der Waals surface area contributed by atoms with Gasteiger partial charge in [-0.2, -0.15) is 0 Å². The number of nitrogens with zero attached hydrogens (tertiary/aromatic N) is 1. The Morgan fingerprint density at radius 2 is 1.64 bits per heavy atom. The quantitative estimate of drug-likeness (QED) is 0.329. The van der Waals surface area contributed by atoms with E-state index in [1.54, 1.807) is 47.4 Å². The third-order valence-corrected chi connectivity index (χ3v) is 7.08. The van der Waals surface area contributed by atoms with Crippen molar-refractivity contribution in [2.24, 2.45) is 0 Å². The molecule has 200 valence electrons. The minimum absolute atomic E-state index is 0.00402. The molecule has 0 spiro atoms. The first-order valence-corrected chi connectivity index (χ1v) is 12.5. The monoisotopic (exact) mass is 531 g/mol. The molecule has 3 N–H and O–H groups in total. The molecule has 2 aliphatic heterocycles. The van der Waals surface area contributed by atoms with Crippen molar-refractivity contribution in [3.63, 3.8) is 0 Å². The molecule has 39 heavy (non-hydrogen) atoms. The lowest BCUT2D eigenvalue weighted by atomic mass is 9.85. The number of benzene rings is 3. The summed E-state index contributed by atoms with van der Waals surface area (Å²) in [6, 6.07) is 15.2. The summed E-state index contributed by atoms with van der Waals surface area (Å²) in [6.45, 7) is 1.68. The van der Waals surface area contributed by atoms with Gasteiger partial charge in [0.25, 0.3) is 0 Å². The van der Waals surface area contributed by atoms with Gasteiger partial charge in [-0.05, 0) is 17.7 Å². The standard InChI is InChI=1S/C29H25NO9/c31-19-14-21(16-4-2-1-3-5-16)39-29-24(26(33)28(35)27(34)25(19)29)18(13-23(32)30-8-10-36-11-9-30)17-6-7-20-22(12-17)38-15-37-20/h1-7,12,14,18,33-35H,8-11,13,15H2/t18-/m0/s1. The minimum Gasteiger partial charge on any atom is -0.504 e. The highest BCUT2D eigenvalue weighted by molar-refractivity contribution is 5.94. The minimum atomic E-state index is -0.891. The van der Waals surface area contributed by atoms with Crippen LogP contribution in [0.5, 0.6) is 28.7 Å². The summed E-state index contributed by atoms with van der Waals surface area (Å²) >= 11 is 0. The zero-order valence-corrected chi connectivity index (χ0v) is 20.8. The Labute approximate surface area is 222 Å². The lowest BCUT2D eigenvalue weighted by Gasteiger charge is -2.29. The largest absolute Gasteiger partial charge is 0.504 e. The van der Waals surface area contributed by atoms with E-state index in [-0.39, 0.29) is 41.4 Å². The van der Waals surface area contributed by atoms with Gasteiger partial charge in [-0.25, -0.2) is 0 Å². The molecule has 0 bridgehead atoms. The Bertz CT molecular complexity index is 1620.